The number of carbonyl (C=O) groups is 1. The predicted octanol–water partition coefficient (Wildman–Crippen LogP) is 12.4. The molecule has 0 aliphatic heterocycles. The maximum absolute atomic E-state index is 13.6. The van der Waals surface area contributed by atoms with Crippen LogP contribution in [0, 0.1) is 0 Å². The van der Waals surface area contributed by atoms with Crippen molar-refractivity contribution in [3.05, 3.63) is 89.5 Å². The van der Waals surface area contributed by atoms with Gasteiger partial charge in [0.05, 0.1) is 19.8 Å². The third kappa shape index (κ3) is 25.2. The molecule has 0 aliphatic carbocycles. The lowest BCUT2D eigenvalue weighted by atomic mass is 10.1. The molecule has 1 N–H and O–H groups in total. The normalized spacial score (nSPS) is 11.1. The SMILES string of the molecule is CCCCOc1ccc(CN(CCN(CCCC)CCCC)C(=O)c2ccc(OCCCC)cc2)cc1.CCCCOc1ccc(CNCCN(CCCC)CCCC)cc1. The fraction of sp³-hybridized carbons (Fsp3) is 0.642. The Balaban J connectivity index is 0.000000461. The lowest BCUT2D eigenvalue weighted by Crippen LogP contribution is -2.39. The molecule has 0 heterocycles. The average Bonchev–Trinajstić information content (AvgIpc) is 3.29. The van der Waals surface area contributed by atoms with Gasteiger partial charge in [-0.15, -0.1) is 0 Å². The van der Waals surface area contributed by atoms with Crippen LogP contribution in [0.25, 0.3) is 0 Å². The van der Waals surface area contributed by atoms with Gasteiger partial charge in [-0.1, -0.05) is 118 Å². The van der Waals surface area contributed by atoms with Crippen molar-refractivity contribution < 1.29 is 19.0 Å². The number of nitrogens with one attached hydrogen (secondary N) is 1. The van der Waals surface area contributed by atoms with Gasteiger partial charge in [-0.3, -0.25) is 4.79 Å². The number of nitrogens with zero attached hydrogens (tertiary/aromatic N) is 3. The van der Waals surface area contributed by atoms with Crippen molar-refractivity contribution in [1.82, 2.24) is 20.0 Å². The molecular formula is C53H88N4O4. The van der Waals surface area contributed by atoms with Crippen LogP contribution in [-0.2, 0) is 13.1 Å². The van der Waals surface area contributed by atoms with Crippen LogP contribution < -0.4 is 19.5 Å². The summed E-state index contributed by atoms with van der Waals surface area (Å²) < 4.78 is 17.3. The molecule has 0 bridgehead atoms. The van der Waals surface area contributed by atoms with E-state index in [1.807, 2.05) is 41.3 Å². The summed E-state index contributed by atoms with van der Waals surface area (Å²) in [6.07, 6.45) is 16.5. The minimum atomic E-state index is 0.0642. The molecule has 61 heavy (non-hydrogen) atoms. The van der Waals surface area contributed by atoms with E-state index >= 15 is 0 Å². The predicted molar refractivity (Wildman–Crippen MR) is 259 cm³/mol. The summed E-state index contributed by atoms with van der Waals surface area (Å²) in [6, 6.07) is 24.3. The molecule has 344 valence electrons. The topological polar surface area (TPSA) is 66.5 Å². The van der Waals surface area contributed by atoms with Crippen LogP contribution in [0.1, 0.15) is 160 Å². The monoisotopic (exact) mass is 845 g/mol. The third-order valence-electron chi connectivity index (χ3n) is 10.8. The van der Waals surface area contributed by atoms with E-state index in [9.17, 15) is 4.79 Å². The summed E-state index contributed by atoms with van der Waals surface area (Å²) in [7, 11) is 0. The van der Waals surface area contributed by atoms with E-state index < -0.39 is 0 Å². The molecule has 0 saturated carbocycles. The van der Waals surface area contributed by atoms with Gasteiger partial charge < -0.3 is 34.2 Å². The minimum Gasteiger partial charge on any atom is -0.494 e. The molecule has 0 fully saturated rings. The second-order valence-electron chi connectivity index (χ2n) is 16.4. The number of hydrogen-bond donors (Lipinski definition) is 1. The molecule has 0 saturated heterocycles. The standard InChI is InChI=1S/C32H50N2O3.C21H38N2O/c1-5-9-21-33(22-10-6-2)23-24-34(27-28-13-17-30(18-14-28)36-25-11-7-3)32(35)29-15-19-31(20-16-29)37-26-12-8-4;1-4-7-15-23(16-8-5-2)17-14-22-19-20-10-12-21(13-11-20)24-18-9-6-3/h13-20H,5-12,21-27H2,1-4H3;10-13,22H,4-9,14-19H2,1-3H3. The van der Waals surface area contributed by atoms with Crippen LogP contribution in [0.15, 0.2) is 72.8 Å². The van der Waals surface area contributed by atoms with Crippen LogP contribution in [0.4, 0.5) is 0 Å². The Kier molecular flexibility index (Phi) is 31.6. The second-order valence-corrected chi connectivity index (χ2v) is 16.4. The van der Waals surface area contributed by atoms with E-state index in [1.165, 1.54) is 76.4 Å². The van der Waals surface area contributed by atoms with Crippen molar-refractivity contribution in [2.24, 2.45) is 0 Å². The van der Waals surface area contributed by atoms with E-state index in [0.717, 1.165) is 107 Å². The highest BCUT2D eigenvalue weighted by Crippen LogP contribution is 2.19. The molecule has 1 amide bonds. The largest absolute Gasteiger partial charge is 0.494 e. The number of carbonyl (C=O) groups excluding carboxylic acids is 1. The van der Waals surface area contributed by atoms with Gasteiger partial charge in [0, 0.05) is 44.8 Å². The van der Waals surface area contributed by atoms with E-state index in [2.05, 4.69) is 100.0 Å². The molecule has 8 nitrogen and oxygen atoms in total. The number of amides is 1. The zero-order valence-corrected chi connectivity index (χ0v) is 40.0. The first-order chi connectivity index (χ1) is 29.9. The summed E-state index contributed by atoms with van der Waals surface area (Å²) >= 11 is 0. The fourth-order valence-corrected chi connectivity index (χ4v) is 6.68. The second kappa shape index (κ2) is 35.9. The smallest absolute Gasteiger partial charge is 0.254 e. The number of hydrogen-bond acceptors (Lipinski definition) is 7. The minimum absolute atomic E-state index is 0.0642. The maximum Gasteiger partial charge on any atom is 0.254 e. The van der Waals surface area contributed by atoms with Crippen LogP contribution in [0.2, 0.25) is 0 Å². The van der Waals surface area contributed by atoms with Crippen LogP contribution >= 0.6 is 0 Å². The molecule has 3 aromatic rings. The Hall–Kier alpha value is -3.59. The average molecular weight is 845 g/mol. The maximum atomic E-state index is 13.6. The van der Waals surface area contributed by atoms with Crippen molar-refractivity contribution in [2.75, 3.05) is 72.2 Å². The molecule has 0 spiro atoms. The van der Waals surface area contributed by atoms with E-state index in [4.69, 9.17) is 14.2 Å². The van der Waals surface area contributed by atoms with Gasteiger partial charge in [0.15, 0.2) is 0 Å². The third-order valence-corrected chi connectivity index (χ3v) is 10.8. The Labute approximate surface area is 374 Å². The van der Waals surface area contributed by atoms with Gasteiger partial charge in [0.2, 0.25) is 0 Å². The van der Waals surface area contributed by atoms with E-state index in [0.29, 0.717) is 25.3 Å². The number of ether oxygens (including phenoxy) is 3. The van der Waals surface area contributed by atoms with Gasteiger partial charge in [0.1, 0.15) is 17.2 Å². The highest BCUT2D eigenvalue weighted by Gasteiger charge is 2.18. The van der Waals surface area contributed by atoms with Crippen molar-refractivity contribution in [3.63, 3.8) is 0 Å². The molecule has 0 aromatic heterocycles. The highest BCUT2D eigenvalue weighted by molar-refractivity contribution is 5.94. The molecular weight excluding hydrogens is 757 g/mol. The number of rotatable bonds is 35. The Morgan fingerprint density at radius 1 is 0.443 bits per heavy atom. The van der Waals surface area contributed by atoms with Crippen LogP contribution in [0.3, 0.4) is 0 Å². The first-order valence-electron chi connectivity index (χ1n) is 24.5. The molecule has 0 aliphatic rings. The summed E-state index contributed by atoms with van der Waals surface area (Å²) in [5, 5.41) is 3.57. The lowest BCUT2D eigenvalue weighted by molar-refractivity contribution is 0.0720. The molecule has 0 unspecified atom stereocenters. The number of unbranched alkanes of at least 4 members (excludes halogenated alkanes) is 7. The molecule has 3 rings (SSSR count). The van der Waals surface area contributed by atoms with Crippen molar-refractivity contribution in [1.29, 1.82) is 0 Å². The summed E-state index contributed by atoms with van der Waals surface area (Å²) in [4.78, 5) is 20.8. The first kappa shape index (κ1) is 53.5. The van der Waals surface area contributed by atoms with Gasteiger partial charge in [-0.25, -0.2) is 0 Å². The van der Waals surface area contributed by atoms with Crippen LogP contribution in [-0.4, -0.2) is 92.8 Å². The highest BCUT2D eigenvalue weighted by atomic mass is 16.5. The summed E-state index contributed by atoms with van der Waals surface area (Å²) in [5.41, 5.74) is 3.15. The van der Waals surface area contributed by atoms with Gasteiger partial charge in [-0.05, 0) is 131 Å². The van der Waals surface area contributed by atoms with Gasteiger partial charge >= 0.3 is 0 Å². The van der Waals surface area contributed by atoms with E-state index in [1.54, 1.807) is 0 Å². The molecule has 3 aromatic carbocycles. The van der Waals surface area contributed by atoms with Crippen LogP contribution in [0.5, 0.6) is 17.2 Å². The molecule has 8 heteroatoms. The summed E-state index contributed by atoms with van der Waals surface area (Å²) in [6.45, 7) is 27.8. The zero-order valence-electron chi connectivity index (χ0n) is 40.0. The Morgan fingerprint density at radius 2 is 0.820 bits per heavy atom. The zero-order chi connectivity index (χ0) is 44.2. The van der Waals surface area contributed by atoms with E-state index in [-0.39, 0.29) is 5.91 Å². The lowest BCUT2D eigenvalue weighted by Gasteiger charge is -2.28. The van der Waals surface area contributed by atoms with Gasteiger partial charge in [0.25, 0.3) is 5.91 Å². The van der Waals surface area contributed by atoms with Crippen molar-refractivity contribution in [3.8, 4) is 17.2 Å². The first-order valence-corrected chi connectivity index (χ1v) is 24.5. The quantitative estimate of drug-likeness (QED) is 0.0592. The Bertz CT molecular complexity index is 1430. The van der Waals surface area contributed by atoms with Crippen molar-refractivity contribution in [2.45, 2.75) is 151 Å². The number of benzene rings is 3. The Morgan fingerprint density at radius 3 is 1.23 bits per heavy atom. The van der Waals surface area contributed by atoms with Gasteiger partial charge in [-0.2, -0.15) is 0 Å². The fourth-order valence-electron chi connectivity index (χ4n) is 6.68. The summed E-state index contributed by atoms with van der Waals surface area (Å²) in [5.74, 6) is 2.76. The van der Waals surface area contributed by atoms with Crippen molar-refractivity contribution >= 4 is 5.91 Å². The molecule has 0 radical (unpaired) electrons. The molecule has 0 atom stereocenters.